The lowest BCUT2D eigenvalue weighted by Crippen LogP contribution is -2.42. The average molecular weight is 337 g/mol. The lowest BCUT2D eigenvalue weighted by Gasteiger charge is -2.26. The molecule has 1 aliphatic rings. The second kappa shape index (κ2) is 7.75. The van der Waals surface area contributed by atoms with E-state index in [1.54, 1.807) is 18.1 Å². The number of amides is 1. The molecule has 1 saturated heterocycles. The molecule has 0 bridgehead atoms. The molecule has 2 rings (SSSR count). The number of aryl methyl sites for hydroxylation is 1. The summed E-state index contributed by atoms with van der Waals surface area (Å²) in [5.74, 6) is 0.0159. The summed E-state index contributed by atoms with van der Waals surface area (Å²) in [5.41, 5.74) is 2.07. The number of sulfone groups is 1. The van der Waals surface area contributed by atoms with Gasteiger partial charge in [0.15, 0.2) is 9.84 Å². The van der Waals surface area contributed by atoms with Gasteiger partial charge in [-0.25, -0.2) is 8.42 Å². The van der Waals surface area contributed by atoms with Gasteiger partial charge < -0.3 is 9.64 Å². The molecule has 1 heterocycles. The molecule has 1 aromatic rings. The van der Waals surface area contributed by atoms with E-state index in [0.29, 0.717) is 19.6 Å². The first-order chi connectivity index (χ1) is 10.9. The van der Waals surface area contributed by atoms with Gasteiger partial charge in [-0.1, -0.05) is 29.8 Å². The van der Waals surface area contributed by atoms with Crippen molar-refractivity contribution >= 4 is 21.8 Å². The number of rotatable bonds is 6. The van der Waals surface area contributed by atoms with E-state index >= 15 is 0 Å². The minimum atomic E-state index is -3.03. The zero-order valence-electron chi connectivity index (χ0n) is 13.6. The maximum absolute atomic E-state index is 12.5. The molecule has 1 fully saturated rings. The van der Waals surface area contributed by atoms with Crippen LogP contribution in [-0.4, -0.2) is 57.0 Å². The van der Waals surface area contributed by atoms with Crippen molar-refractivity contribution in [2.75, 3.05) is 31.8 Å². The lowest BCUT2D eigenvalue weighted by molar-refractivity contribution is -0.128. The third-order valence-corrected chi connectivity index (χ3v) is 5.68. The molecule has 23 heavy (non-hydrogen) atoms. The summed E-state index contributed by atoms with van der Waals surface area (Å²) in [6.07, 6.45) is 3.77. The summed E-state index contributed by atoms with van der Waals surface area (Å²) in [7, 11) is -1.46. The predicted octanol–water partition coefficient (Wildman–Crippen LogP) is 1.67. The Bertz CT molecular complexity index is 682. The second-order valence-corrected chi connectivity index (χ2v) is 8.06. The monoisotopic (exact) mass is 337 g/mol. The summed E-state index contributed by atoms with van der Waals surface area (Å²) in [6.45, 7) is 2.78. The molecular weight excluding hydrogens is 314 g/mol. The summed E-state index contributed by atoms with van der Waals surface area (Å²) < 4.78 is 28.4. The normalized spacial score (nSPS) is 20.0. The van der Waals surface area contributed by atoms with Crippen LogP contribution >= 0.6 is 0 Å². The fraction of sp³-hybridized carbons (Fsp3) is 0.471. The van der Waals surface area contributed by atoms with Gasteiger partial charge in [0.25, 0.3) is 0 Å². The average Bonchev–Trinajstić information content (AvgIpc) is 2.85. The summed E-state index contributed by atoms with van der Waals surface area (Å²) in [6, 6.07) is 7.59. The van der Waals surface area contributed by atoms with Gasteiger partial charge in [-0.05, 0) is 25.0 Å². The van der Waals surface area contributed by atoms with E-state index in [1.807, 2.05) is 31.2 Å². The third kappa shape index (κ3) is 5.18. The number of carbonyl (C=O) groups excluding carboxylic acids is 1. The lowest BCUT2D eigenvalue weighted by atomic mass is 10.1. The van der Waals surface area contributed by atoms with E-state index in [4.69, 9.17) is 4.74 Å². The first kappa shape index (κ1) is 17.7. The van der Waals surface area contributed by atoms with Gasteiger partial charge in [0.1, 0.15) is 0 Å². The van der Waals surface area contributed by atoms with Crippen LogP contribution in [0.2, 0.25) is 0 Å². The third-order valence-electron chi connectivity index (χ3n) is 3.93. The standard InChI is InChI=1S/C17H23NO4S/c1-14-4-3-5-15(12-14)6-7-17(19)18(9-10-22-2)16-8-11-23(20,21)13-16/h3-7,12,16H,8-11,13H2,1-2H3/b7-6+. The summed E-state index contributed by atoms with van der Waals surface area (Å²) in [5, 5.41) is 0. The molecule has 1 aromatic carbocycles. The fourth-order valence-corrected chi connectivity index (χ4v) is 4.45. The Hall–Kier alpha value is -1.66. The van der Waals surface area contributed by atoms with Gasteiger partial charge >= 0.3 is 0 Å². The minimum absolute atomic E-state index is 0.0424. The van der Waals surface area contributed by atoms with Crippen molar-refractivity contribution in [1.82, 2.24) is 4.90 Å². The predicted molar refractivity (Wildman–Crippen MR) is 90.9 cm³/mol. The molecule has 0 aliphatic carbocycles. The molecule has 1 unspecified atom stereocenters. The van der Waals surface area contributed by atoms with E-state index in [-0.39, 0.29) is 23.5 Å². The molecule has 1 amide bonds. The Morgan fingerprint density at radius 1 is 1.43 bits per heavy atom. The number of hydrogen-bond donors (Lipinski definition) is 0. The molecule has 0 spiro atoms. The van der Waals surface area contributed by atoms with Crippen LogP contribution in [0.15, 0.2) is 30.3 Å². The largest absolute Gasteiger partial charge is 0.383 e. The van der Waals surface area contributed by atoms with Gasteiger partial charge in [0.05, 0.1) is 18.1 Å². The highest BCUT2D eigenvalue weighted by molar-refractivity contribution is 7.91. The van der Waals surface area contributed by atoms with Gasteiger partial charge in [-0.15, -0.1) is 0 Å². The molecule has 1 aliphatic heterocycles. The van der Waals surface area contributed by atoms with E-state index in [1.165, 1.54) is 6.08 Å². The summed E-state index contributed by atoms with van der Waals surface area (Å²) >= 11 is 0. The van der Waals surface area contributed by atoms with Crippen LogP contribution in [0.5, 0.6) is 0 Å². The Labute approximate surface area is 137 Å². The second-order valence-electron chi connectivity index (χ2n) is 5.83. The van der Waals surface area contributed by atoms with Gasteiger partial charge in [-0.2, -0.15) is 0 Å². The number of benzene rings is 1. The maximum Gasteiger partial charge on any atom is 0.246 e. The Morgan fingerprint density at radius 2 is 2.22 bits per heavy atom. The Balaban J connectivity index is 2.10. The van der Waals surface area contributed by atoms with Crippen LogP contribution in [0.1, 0.15) is 17.5 Å². The van der Waals surface area contributed by atoms with E-state index in [9.17, 15) is 13.2 Å². The highest BCUT2D eigenvalue weighted by Gasteiger charge is 2.33. The molecule has 1 atom stereocenters. The molecule has 0 saturated carbocycles. The first-order valence-corrected chi connectivity index (χ1v) is 9.48. The molecule has 0 aromatic heterocycles. The van der Waals surface area contributed by atoms with Gasteiger partial charge in [0.2, 0.25) is 5.91 Å². The van der Waals surface area contributed by atoms with E-state index < -0.39 is 9.84 Å². The quantitative estimate of drug-likeness (QED) is 0.741. The van der Waals surface area contributed by atoms with Crippen LogP contribution in [-0.2, 0) is 19.4 Å². The number of ether oxygens (including phenoxy) is 1. The zero-order chi connectivity index (χ0) is 16.9. The number of nitrogens with zero attached hydrogens (tertiary/aromatic N) is 1. The van der Waals surface area contributed by atoms with E-state index in [0.717, 1.165) is 11.1 Å². The Morgan fingerprint density at radius 3 is 2.83 bits per heavy atom. The van der Waals surface area contributed by atoms with Gasteiger partial charge in [-0.3, -0.25) is 4.79 Å². The van der Waals surface area contributed by atoms with Crippen LogP contribution in [0.3, 0.4) is 0 Å². The fourth-order valence-electron chi connectivity index (χ4n) is 2.72. The Kier molecular flexibility index (Phi) is 5.96. The van der Waals surface area contributed by atoms with Crippen LogP contribution < -0.4 is 0 Å². The topological polar surface area (TPSA) is 63.7 Å². The molecular formula is C17H23NO4S. The smallest absolute Gasteiger partial charge is 0.246 e. The number of carbonyl (C=O) groups is 1. The van der Waals surface area contributed by atoms with Crippen LogP contribution in [0.25, 0.3) is 6.08 Å². The maximum atomic E-state index is 12.5. The van der Waals surface area contributed by atoms with Crippen molar-refractivity contribution in [3.8, 4) is 0 Å². The SMILES string of the molecule is COCCN(C(=O)/C=C/c1cccc(C)c1)C1CCS(=O)(=O)C1. The molecule has 0 N–H and O–H groups in total. The first-order valence-electron chi connectivity index (χ1n) is 7.66. The van der Waals surface area contributed by atoms with Crippen molar-refractivity contribution < 1.29 is 17.9 Å². The number of methoxy groups -OCH3 is 1. The summed E-state index contributed by atoms with van der Waals surface area (Å²) in [4.78, 5) is 14.1. The highest BCUT2D eigenvalue weighted by atomic mass is 32.2. The highest BCUT2D eigenvalue weighted by Crippen LogP contribution is 2.18. The number of hydrogen-bond acceptors (Lipinski definition) is 4. The molecule has 5 nitrogen and oxygen atoms in total. The van der Waals surface area contributed by atoms with Crippen molar-refractivity contribution in [3.63, 3.8) is 0 Å². The van der Waals surface area contributed by atoms with Crippen LogP contribution in [0, 0.1) is 6.92 Å². The van der Waals surface area contributed by atoms with Crippen molar-refractivity contribution in [2.24, 2.45) is 0 Å². The van der Waals surface area contributed by atoms with Crippen LogP contribution in [0.4, 0.5) is 0 Å². The van der Waals surface area contributed by atoms with Gasteiger partial charge in [0, 0.05) is 25.8 Å². The molecule has 126 valence electrons. The molecule has 0 radical (unpaired) electrons. The minimum Gasteiger partial charge on any atom is -0.383 e. The van der Waals surface area contributed by atoms with Crippen molar-refractivity contribution in [3.05, 3.63) is 41.5 Å². The van der Waals surface area contributed by atoms with E-state index in [2.05, 4.69) is 0 Å². The molecule has 6 heteroatoms. The zero-order valence-corrected chi connectivity index (χ0v) is 14.4. The van der Waals surface area contributed by atoms with Crippen molar-refractivity contribution in [1.29, 1.82) is 0 Å². The van der Waals surface area contributed by atoms with Crippen molar-refractivity contribution in [2.45, 2.75) is 19.4 Å².